The Bertz CT molecular complexity index is 1140. The van der Waals surface area contributed by atoms with E-state index >= 15 is 0 Å². The van der Waals surface area contributed by atoms with Crippen LogP contribution in [0.5, 0.6) is 0 Å². The highest BCUT2D eigenvalue weighted by Gasteiger charge is 2.29. The van der Waals surface area contributed by atoms with Crippen LogP contribution in [0, 0.1) is 13.8 Å². The molecule has 1 aliphatic rings. The van der Waals surface area contributed by atoms with Crippen LogP contribution in [0.1, 0.15) is 45.1 Å². The second kappa shape index (κ2) is 9.57. The Hall–Kier alpha value is -3.12. The molecule has 2 amide bonds. The van der Waals surface area contributed by atoms with E-state index in [1.165, 1.54) is 11.8 Å². The van der Waals surface area contributed by atoms with Crippen molar-refractivity contribution in [2.24, 2.45) is 5.73 Å². The van der Waals surface area contributed by atoms with Crippen LogP contribution in [0.2, 0.25) is 0 Å². The van der Waals surface area contributed by atoms with Crippen LogP contribution < -0.4 is 5.73 Å². The molecule has 4 rings (SSSR count). The summed E-state index contributed by atoms with van der Waals surface area (Å²) >= 11 is 1.50. The SMILES string of the molecule is Cc1ccc(C(N)=O)cc1-c1cnc(SC(C(=O)N2CCCC2)c2ccccc2)c(C)c1. The van der Waals surface area contributed by atoms with Crippen molar-refractivity contribution in [1.29, 1.82) is 0 Å². The minimum absolute atomic E-state index is 0.147. The molecule has 2 heterocycles. The number of primary amides is 1. The maximum atomic E-state index is 13.3. The number of nitrogens with two attached hydrogens (primary N) is 1. The predicted molar refractivity (Wildman–Crippen MR) is 129 cm³/mol. The Kier molecular flexibility index (Phi) is 6.61. The molecule has 3 aromatic rings. The third kappa shape index (κ3) is 4.70. The highest BCUT2D eigenvalue weighted by atomic mass is 32.2. The van der Waals surface area contributed by atoms with Gasteiger partial charge in [-0.25, -0.2) is 4.98 Å². The van der Waals surface area contributed by atoms with E-state index in [1.54, 1.807) is 6.07 Å². The van der Waals surface area contributed by atoms with E-state index < -0.39 is 5.91 Å². The van der Waals surface area contributed by atoms with E-state index in [2.05, 4.69) is 6.07 Å². The van der Waals surface area contributed by atoms with E-state index in [-0.39, 0.29) is 11.2 Å². The van der Waals surface area contributed by atoms with Crippen molar-refractivity contribution in [1.82, 2.24) is 9.88 Å². The number of hydrogen-bond acceptors (Lipinski definition) is 4. The summed E-state index contributed by atoms with van der Waals surface area (Å²) in [7, 11) is 0. The van der Waals surface area contributed by atoms with Gasteiger partial charge >= 0.3 is 0 Å². The first kappa shape index (κ1) is 22.1. The molecule has 1 unspecified atom stereocenters. The Balaban J connectivity index is 1.65. The highest BCUT2D eigenvalue weighted by molar-refractivity contribution is 8.00. The molecule has 0 radical (unpaired) electrons. The lowest BCUT2D eigenvalue weighted by Crippen LogP contribution is -2.31. The number of carbonyl (C=O) groups excluding carboxylic acids is 2. The second-order valence-electron chi connectivity index (χ2n) is 8.18. The average Bonchev–Trinajstić information content (AvgIpc) is 3.34. The largest absolute Gasteiger partial charge is 0.366 e. The first-order chi connectivity index (χ1) is 15.4. The van der Waals surface area contributed by atoms with Crippen LogP contribution in [-0.2, 0) is 4.79 Å². The fraction of sp³-hybridized carbons (Fsp3) is 0.269. The van der Waals surface area contributed by atoms with Crippen LogP contribution >= 0.6 is 11.8 Å². The summed E-state index contributed by atoms with van der Waals surface area (Å²) in [6.07, 6.45) is 3.94. The summed E-state index contributed by atoms with van der Waals surface area (Å²) in [6.45, 7) is 5.65. The fourth-order valence-electron chi connectivity index (χ4n) is 4.02. The smallest absolute Gasteiger partial charge is 0.248 e. The molecule has 1 fully saturated rings. The lowest BCUT2D eigenvalue weighted by molar-refractivity contribution is -0.129. The van der Waals surface area contributed by atoms with Gasteiger partial charge in [0.05, 0.1) is 5.03 Å². The van der Waals surface area contributed by atoms with E-state index in [1.807, 2.05) is 67.4 Å². The van der Waals surface area contributed by atoms with Gasteiger partial charge in [0, 0.05) is 30.4 Å². The third-order valence-corrected chi connectivity index (χ3v) is 7.20. The van der Waals surface area contributed by atoms with E-state index in [9.17, 15) is 9.59 Å². The quantitative estimate of drug-likeness (QED) is 0.547. The summed E-state index contributed by atoms with van der Waals surface area (Å²) in [5, 5.41) is 0.505. The Morgan fingerprint density at radius 3 is 2.38 bits per heavy atom. The molecule has 1 aromatic heterocycles. The lowest BCUT2D eigenvalue weighted by Gasteiger charge is -2.23. The molecule has 2 N–H and O–H groups in total. The number of rotatable bonds is 6. The molecule has 0 saturated carbocycles. The topological polar surface area (TPSA) is 76.3 Å². The van der Waals surface area contributed by atoms with Gasteiger partial charge in [-0.2, -0.15) is 0 Å². The first-order valence-corrected chi connectivity index (χ1v) is 11.7. The van der Waals surface area contributed by atoms with Gasteiger partial charge in [-0.3, -0.25) is 9.59 Å². The number of aromatic nitrogens is 1. The summed E-state index contributed by atoms with van der Waals surface area (Å²) in [5.41, 5.74) is 10.8. The standard InChI is InChI=1S/C26H27N3O2S/c1-17-10-11-20(24(27)30)15-22(17)21-14-18(2)25(28-16-21)32-23(19-8-4-3-5-9-19)26(31)29-12-6-7-13-29/h3-5,8-11,14-16,23H,6-7,12-13H2,1-2H3,(H2,27,30). The van der Waals surface area contributed by atoms with Gasteiger partial charge in [0.1, 0.15) is 5.25 Å². The number of benzene rings is 2. The van der Waals surface area contributed by atoms with Crippen molar-refractivity contribution < 1.29 is 9.59 Å². The molecular formula is C26H27N3O2S. The zero-order valence-corrected chi connectivity index (χ0v) is 19.2. The summed E-state index contributed by atoms with van der Waals surface area (Å²) in [4.78, 5) is 31.6. The monoisotopic (exact) mass is 445 g/mol. The zero-order chi connectivity index (χ0) is 22.7. The summed E-state index contributed by atoms with van der Waals surface area (Å²) in [6, 6.07) is 17.4. The molecule has 164 valence electrons. The maximum Gasteiger partial charge on any atom is 0.248 e. The Labute approximate surface area is 193 Å². The fourth-order valence-corrected chi connectivity index (χ4v) is 5.15. The third-order valence-electron chi connectivity index (χ3n) is 5.84. The summed E-state index contributed by atoms with van der Waals surface area (Å²) in [5.74, 6) is -0.303. The van der Waals surface area contributed by atoms with Crippen LogP contribution in [0.25, 0.3) is 11.1 Å². The number of aryl methyl sites for hydroxylation is 2. The molecule has 2 aromatic carbocycles. The molecule has 0 bridgehead atoms. The zero-order valence-electron chi connectivity index (χ0n) is 18.4. The van der Waals surface area contributed by atoms with Crippen molar-refractivity contribution in [2.75, 3.05) is 13.1 Å². The van der Waals surface area contributed by atoms with Crippen molar-refractivity contribution in [3.05, 3.63) is 83.0 Å². The molecule has 0 aliphatic carbocycles. The van der Waals surface area contributed by atoms with Crippen molar-refractivity contribution >= 4 is 23.6 Å². The predicted octanol–water partition coefficient (Wildman–Crippen LogP) is 4.92. The molecule has 1 aliphatic heterocycles. The normalized spacial score (nSPS) is 14.4. The number of thioether (sulfide) groups is 1. The van der Waals surface area contributed by atoms with Gasteiger partial charge < -0.3 is 10.6 Å². The van der Waals surface area contributed by atoms with Gasteiger partial charge in [0.25, 0.3) is 0 Å². The molecule has 5 nitrogen and oxygen atoms in total. The van der Waals surface area contributed by atoms with Crippen LogP contribution in [-0.4, -0.2) is 34.8 Å². The number of nitrogens with zero attached hydrogens (tertiary/aromatic N) is 2. The van der Waals surface area contributed by atoms with Crippen molar-refractivity contribution in [3.63, 3.8) is 0 Å². The van der Waals surface area contributed by atoms with E-state index in [0.717, 1.165) is 58.8 Å². The Morgan fingerprint density at radius 2 is 1.72 bits per heavy atom. The van der Waals surface area contributed by atoms with Crippen LogP contribution in [0.3, 0.4) is 0 Å². The number of likely N-dealkylation sites (tertiary alicyclic amines) is 1. The van der Waals surface area contributed by atoms with Crippen molar-refractivity contribution in [2.45, 2.75) is 37.0 Å². The molecule has 1 saturated heterocycles. The Morgan fingerprint density at radius 1 is 1.00 bits per heavy atom. The number of carbonyl (C=O) groups is 2. The second-order valence-corrected chi connectivity index (χ2v) is 9.27. The van der Waals surface area contributed by atoms with E-state index in [4.69, 9.17) is 10.7 Å². The molecule has 1 atom stereocenters. The minimum atomic E-state index is -0.450. The maximum absolute atomic E-state index is 13.3. The highest BCUT2D eigenvalue weighted by Crippen LogP contribution is 2.39. The van der Waals surface area contributed by atoms with Gasteiger partial charge in [0.15, 0.2) is 0 Å². The number of hydrogen-bond donors (Lipinski definition) is 1. The van der Waals surface area contributed by atoms with Gasteiger partial charge in [-0.1, -0.05) is 48.2 Å². The minimum Gasteiger partial charge on any atom is -0.366 e. The van der Waals surface area contributed by atoms with Crippen molar-refractivity contribution in [3.8, 4) is 11.1 Å². The number of amides is 2. The molecule has 32 heavy (non-hydrogen) atoms. The molecular weight excluding hydrogens is 418 g/mol. The van der Waals surface area contributed by atoms with E-state index in [0.29, 0.717) is 5.56 Å². The molecule has 6 heteroatoms. The van der Waals surface area contributed by atoms with Crippen LogP contribution in [0.4, 0.5) is 0 Å². The van der Waals surface area contributed by atoms with Gasteiger partial charge in [-0.15, -0.1) is 0 Å². The van der Waals surface area contributed by atoms with Gasteiger partial charge in [-0.05, 0) is 67.1 Å². The number of pyridine rings is 1. The van der Waals surface area contributed by atoms with Crippen LogP contribution in [0.15, 0.2) is 65.8 Å². The average molecular weight is 446 g/mol. The lowest BCUT2D eigenvalue weighted by atomic mass is 9.98. The first-order valence-electron chi connectivity index (χ1n) is 10.8. The summed E-state index contributed by atoms with van der Waals surface area (Å²) < 4.78 is 0. The van der Waals surface area contributed by atoms with Gasteiger partial charge in [0.2, 0.25) is 11.8 Å². The molecule has 0 spiro atoms.